The maximum atomic E-state index is 12.4. The number of benzene rings is 1. The van der Waals surface area contributed by atoms with Crippen molar-refractivity contribution >= 4 is 11.9 Å². The van der Waals surface area contributed by atoms with E-state index in [1.807, 2.05) is 0 Å². The Morgan fingerprint density at radius 1 is 1.20 bits per heavy atom. The van der Waals surface area contributed by atoms with Crippen molar-refractivity contribution < 1.29 is 24.9 Å². The molecular weight excluding hydrogens is 262 g/mol. The van der Waals surface area contributed by atoms with Crippen LogP contribution in [0.25, 0.3) is 0 Å². The smallest absolute Gasteiger partial charge is 0.305 e. The second kappa shape index (κ2) is 5.81. The number of carbonyl (C=O) groups is 2. The molecule has 20 heavy (non-hydrogen) atoms. The molecule has 0 aliphatic carbocycles. The van der Waals surface area contributed by atoms with Crippen molar-refractivity contribution in [3.05, 3.63) is 23.8 Å². The van der Waals surface area contributed by atoms with Crippen LogP contribution in [0.3, 0.4) is 0 Å². The molecule has 0 aliphatic rings. The van der Waals surface area contributed by atoms with E-state index in [9.17, 15) is 19.8 Å². The first kappa shape index (κ1) is 15.8. The van der Waals surface area contributed by atoms with Gasteiger partial charge in [0.15, 0.2) is 0 Å². The summed E-state index contributed by atoms with van der Waals surface area (Å²) in [5.74, 6) is -1.92. The Labute approximate surface area is 117 Å². The zero-order valence-corrected chi connectivity index (χ0v) is 11.8. The highest BCUT2D eigenvalue weighted by Crippen LogP contribution is 2.26. The molecule has 0 atom stereocenters. The fourth-order valence-corrected chi connectivity index (χ4v) is 1.79. The van der Waals surface area contributed by atoms with E-state index < -0.39 is 17.4 Å². The molecule has 0 aromatic heterocycles. The third-order valence-electron chi connectivity index (χ3n) is 2.81. The number of carboxylic acids is 1. The van der Waals surface area contributed by atoms with Crippen molar-refractivity contribution in [3.63, 3.8) is 0 Å². The van der Waals surface area contributed by atoms with E-state index in [4.69, 9.17) is 5.11 Å². The van der Waals surface area contributed by atoms with Crippen LogP contribution in [-0.4, -0.2) is 44.2 Å². The Morgan fingerprint density at radius 3 is 2.30 bits per heavy atom. The Hall–Kier alpha value is -2.24. The third kappa shape index (κ3) is 3.88. The summed E-state index contributed by atoms with van der Waals surface area (Å²) in [5.41, 5.74) is -0.657. The van der Waals surface area contributed by atoms with Gasteiger partial charge < -0.3 is 20.2 Å². The molecule has 0 spiro atoms. The van der Waals surface area contributed by atoms with Crippen molar-refractivity contribution in [2.75, 3.05) is 6.54 Å². The molecular formula is C14H19NO5. The predicted octanol–water partition coefficient (Wildman–Crippen LogP) is 1.81. The van der Waals surface area contributed by atoms with E-state index >= 15 is 0 Å². The Kier molecular flexibility index (Phi) is 4.60. The molecule has 1 aromatic carbocycles. The van der Waals surface area contributed by atoms with Gasteiger partial charge in [0.2, 0.25) is 0 Å². The van der Waals surface area contributed by atoms with E-state index in [-0.39, 0.29) is 30.0 Å². The maximum absolute atomic E-state index is 12.4. The van der Waals surface area contributed by atoms with Gasteiger partial charge in [-0.25, -0.2) is 0 Å². The predicted molar refractivity (Wildman–Crippen MR) is 72.8 cm³/mol. The number of phenolic OH excluding ortho intramolecular Hbond substituents is 2. The number of carboxylic acid groups (broad SMARTS) is 1. The number of hydrogen-bond donors (Lipinski definition) is 3. The summed E-state index contributed by atoms with van der Waals surface area (Å²) >= 11 is 0. The van der Waals surface area contributed by atoms with Gasteiger partial charge in [-0.3, -0.25) is 9.59 Å². The van der Waals surface area contributed by atoms with E-state index in [0.29, 0.717) is 0 Å². The van der Waals surface area contributed by atoms with Crippen LogP contribution in [0, 0.1) is 0 Å². The van der Waals surface area contributed by atoms with Crippen LogP contribution < -0.4 is 0 Å². The highest BCUT2D eigenvalue weighted by atomic mass is 16.4. The van der Waals surface area contributed by atoms with E-state index in [0.717, 1.165) is 6.07 Å². The van der Waals surface area contributed by atoms with Crippen LogP contribution in [0.2, 0.25) is 0 Å². The first-order valence-electron chi connectivity index (χ1n) is 6.18. The topological polar surface area (TPSA) is 98.1 Å². The number of nitrogens with zero attached hydrogens (tertiary/aromatic N) is 1. The lowest BCUT2D eigenvalue weighted by molar-refractivity contribution is -0.137. The van der Waals surface area contributed by atoms with Crippen LogP contribution in [0.5, 0.6) is 11.5 Å². The van der Waals surface area contributed by atoms with Gasteiger partial charge in [0, 0.05) is 12.1 Å². The molecule has 0 saturated carbocycles. The lowest BCUT2D eigenvalue weighted by Crippen LogP contribution is -2.46. The number of aromatic hydroxyl groups is 2. The summed E-state index contributed by atoms with van der Waals surface area (Å²) in [5, 5.41) is 27.9. The molecule has 0 fully saturated rings. The molecule has 0 radical (unpaired) electrons. The quantitative estimate of drug-likeness (QED) is 0.731. The SMILES string of the molecule is CC(C)(C)N(CCC(=O)O)C(=O)c1cc(O)ccc1O. The molecule has 0 aliphatic heterocycles. The third-order valence-corrected chi connectivity index (χ3v) is 2.81. The zero-order valence-electron chi connectivity index (χ0n) is 11.8. The molecule has 0 heterocycles. The number of carbonyl (C=O) groups excluding carboxylic acids is 1. The van der Waals surface area contributed by atoms with Crippen LogP contribution in [0.15, 0.2) is 18.2 Å². The molecule has 1 amide bonds. The van der Waals surface area contributed by atoms with Crippen LogP contribution >= 0.6 is 0 Å². The van der Waals surface area contributed by atoms with Crippen molar-refractivity contribution in [2.24, 2.45) is 0 Å². The summed E-state index contributed by atoms with van der Waals surface area (Å²) in [6, 6.07) is 3.66. The number of rotatable bonds is 4. The van der Waals surface area contributed by atoms with Gasteiger partial charge >= 0.3 is 5.97 Å². The van der Waals surface area contributed by atoms with Gasteiger partial charge in [0.05, 0.1) is 12.0 Å². The fourth-order valence-electron chi connectivity index (χ4n) is 1.79. The molecule has 3 N–H and O–H groups in total. The minimum Gasteiger partial charge on any atom is -0.508 e. The molecule has 0 unspecified atom stereocenters. The average molecular weight is 281 g/mol. The normalized spacial score (nSPS) is 11.2. The fraction of sp³-hybridized carbons (Fsp3) is 0.429. The lowest BCUT2D eigenvalue weighted by Gasteiger charge is -2.35. The largest absolute Gasteiger partial charge is 0.508 e. The number of hydrogen-bond acceptors (Lipinski definition) is 4. The zero-order chi connectivity index (χ0) is 15.5. The molecule has 6 heteroatoms. The van der Waals surface area contributed by atoms with E-state index in [1.165, 1.54) is 17.0 Å². The minimum absolute atomic E-state index is 0.0206. The summed E-state index contributed by atoms with van der Waals surface area (Å²) in [4.78, 5) is 24.5. The van der Waals surface area contributed by atoms with Gasteiger partial charge in [0.1, 0.15) is 11.5 Å². The second-order valence-corrected chi connectivity index (χ2v) is 5.47. The van der Waals surface area contributed by atoms with Gasteiger partial charge in [-0.1, -0.05) is 0 Å². The average Bonchev–Trinajstić information content (AvgIpc) is 2.30. The minimum atomic E-state index is -1.01. The monoisotopic (exact) mass is 281 g/mol. The van der Waals surface area contributed by atoms with Gasteiger partial charge in [-0.05, 0) is 39.0 Å². The van der Waals surface area contributed by atoms with Gasteiger partial charge in [-0.15, -0.1) is 0 Å². The summed E-state index contributed by atoms with van der Waals surface area (Å²) in [6.07, 6.45) is -0.192. The van der Waals surface area contributed by atoms with Crippen molar-refractivity contribution in [1.29, 1.82) is 0 Å². The standard InChI is InChI=1S/C14H19NO5/c1-14(2,3)15(7-6-12(18)19)13(20)10-8-9(16)4-5-11(10)17/h4-5,8,16-17H,6-7H2,1-3H3,(H,18,19). The van der Waals surface area contributed by atoms with Crippen molar-refractivity contribution in [1.82, 2.24) is 4.90 Å². The Bertz CT molecular complexity index is 519. The van der Waals surface area contributed by atoms with Crippen LogP contribution in [0.4, 0.5) is 0 Å². The van der Waals surface area contributed by atoms with Crippen molar-refractivity contribution in [3.8, 4) is 11.5 Å². The summed E-state index contributed by atoms with van der Waals surface area (Å²) in [7, 11) is 0. The highest BCUT2D eigenvalue weighted by molar-refractivity contribution is 5.97. The molecule has 0 bridgehead atoms. The Balaban J connectivity index is 3.10. The van der Waals surface area contributed by atoms with Crippen LogP contribution in [0.1, 0.15) is 37.6 Å². The lowest BCUT2D eigenvalue weighted by atomic mass is 10.0. The van der Waals surface area contributed by atoms with Gasteiger partial charge in [0.25, 0.3) is 5.91 Å². The number of amides is 1. The number of aliphatic carboxylic acids is 1. The van der Waals surface area contributed by atoms with E-state index in [1.54, 1.807) is 20.8 Å². The first-order chi connectivity index (χ1) is 9.12. The second-order valence-electron chi connectivity index (χ2n) is 5.47. The Morgan fingerprint density at radius 2 is 1.80 bits per heavy atom. The molecule has 110 valence electrons. The highest BCUT2D eigenvalue weighted by Gasteiger charge is 2.29. The molecule has 6 nitrogen and oxygen atoms in total. The number of phenols is 2. The molecule has 1 aromatic rings. The molecule has 1 rings (SSSR count). The van der Waals surface area contributed by atoms with Gasteiger partial charge in [-0.2, -0.15) is 0 Å². The van der Waals surface area contributed by atoms with Crippen molar-refractivity contribution in [2.45, 2.75) is 32.7 Å². The molecule has 0 saturated heterocycles. The maximum Gasteiger partial charge on any atom is 0.305 e. The first-order valence-corrected chi connectivity index (χ1v) is 6.18. The van der Waals surface area contributed by atoms with E-state index in [2.05, 4.69) is 0 Å². The summed E-state index contributed by atoms with van der Waals surface area (Å²) in [6.45, 7) is 5.33. The summed E-state index contributed by atoms with van der Waals surface area (Å²) < 4.78 is 0. The van der Waals surface area contributed by atoms with Crippen LogP contribution in [-0.2, 0) is 4.79 Å².